The van der Waals surface area contributed by atoms with Crippen molar-refractivity contribution in [2.24, 2.45) is 0 Å². The first-order valence-electron chi connectivity index (χ1n) is 5.92. The predicted molar refractivity (Wildman–Crippen MR) is 68.8 cm³/mol. The molecular weight excluding hydrogens is 268 g/mol. The van der Waals surface area contributed by atoms with Crippen molar-refractivity contribution in [1.29, 1.82) is 0 Å². The summed E-state index contributed by atoms with van der Waals surface area (Å²) in [6.07, 6.45) is 0.766. The van der Waals surface area contributed by atoms with Crippen LogP contribution in [0, 0.1) is 0 Å². The van der Waals surface area contributed by atoms with E-state index in [0.29, 0.717) is 12.3 Å². The molecule has 0 spiro atoms. The van der Waals surface area contributed by atoms with E-state index in [9.17, 15) is 4.79 Å². The number of benzene rings is 1. The highest BCUT2D eigenvalue weighted by Crippen LogP contribution is 2.40. The molecule has 0 saturated heterocycles. The second kappa shape index (κ2) is 3.74. The molecule has 96 valence electrons. The fraction of sp³-hybridized carbons (Fsp3) is 0.231. The summed E-state index contributed by atoms with van der Waals surface area (Å²) in [4.78, 5) is 15.6. The van der Waals surface area contributed by atoms with Crippen molar-refractivity contribution in [3.63, 3.8) is 0 Å². The minimum atomic E-state index is -0.314. The van der Waals surface area contributed by atoms with Crippen LogP contribution < -0.4 is 15.2 Å². The zero-order valence-electron chi connectivity index (χ0n) is 9.85. The summed E-state index contributed by atoms with van der Waals surface area (Å²) in [5.41, 5.74) is 2.55. The van der Waals surface area contributed by atoms with E-state index >= 15 is 0 Å². The second-order valence-electron chi connectivity index (χ2n) is 4.51. The van der Waals surface area contributed by atoms with Gasteiger partial charge in [-0.05, 0) is 24.1 Å². The number of ether oxygens (including phenoxy) is 2. The predicted octanol–water partition coefficient (Wildman–Crippen LogP) is 1.85. The van der Waals surface area contributed by atoms with E-state index in [0.717, 1.165) is 29.0 Å². The zero-order chi connectivity index (χ0) is 13.0. The topological polar surface area (TPSA) is 53.4 Å². The summed E-state index contributed by atoms with van der Waals surface area (Å²) in [7, 11) is 0. The van der Waals surface area contributed by atoms with E-state index < -0.39 is 0 Å². The van der Waals surface area contributed by atoms with Gasteiger partial charge in [0.15, 0.2) is 11.5 Å². The van der Waals surface area contributed by atoms with Gasteiger partial charge in [0.2, 0.25) is 6.79 Å². The Morgan fingerprint density at radius 3 is 2.84 bits per heavy atom. The second-order valence-corrected chi connectivity index (χ2v) is 4.90. The maximum Gasteiger partial charge on any atom is 0.349 e. The van der Waals surface area contributed by atoms with E-state index in [1.807, 2.05) is 12.1 Å². The Kier molecular flexibility index (Phi) is 2.14. The van der Waals surface area contributed by atoms with E-state index in [1.54, 1.807) is 10.6 Å². The van der Waals surface area contributed by atoms with Crippen molar-refractivity contribution < 1.29 is 9.47 Å². The molecule has 1 aromatic heterocycles. The van der Waals surface area contributed by atoms with E-state index in [4.69, 9.17) is 21.1 Å². The van der Waals surface area contributed by atoms with Gasteiger partial charge in [-0.2, -0.15) is 4.98 Å². The lowest BCUT2D eigenvalue weighted by Gasteiger charge is -2.21. The lowest BCUT2D eigenvalue weighted by Crippen LogP contribution is -2.28. The molecule has 1 aromatic carbocycles. The van der Waals surface area contributed by atoms with Crippen LogP contribution in [0.3, 0.4) is 0 Å². The molecule has 19 heavy (non-hydrogen) atoms. The number of aryl methyl sites for hydroxylation is 1. The molecule has 6 heteroatoms. The van der Waals surface area contributed by atoms with Gasteiger partial charge in [0, 0.05) is 18.2 Å². The number of halogens is 1. The molecule has 0 fully saturated rings. The Hall–Kier alpha value is -2.01. The molecule has 0 amide bonds. The Morgan fingerprint density at radius 2 is 2.00 bits per heavy atom. The van der Waals surface area contributed by atoms with Gasteiger partial charge < -0.3 is 9.47 Å². The number of fused-ring (bicyclic) bond motifs is 4. The van der Waals surface area contributed by atoms with E-state index in [-0.39, 0.29) is 17.6 Å². The summed E-state index contributed by atoms with van der Waals surface area (Å²) < 4.78 is 12.4. The number of aromatic nitrogens is 2. The quantitative estimate of drug-likeness (QED) is 0.689. The fourth-order valence-electron chi connectivity index (χ4n) is 2.58. The highest BCUT2D eigenvalue weighted by atomic mass is 35.5. The molecule has 2 aromatic rings. The average molecular weight is 277 g/mol. The van der Waals surface area contributed by atoms with Crippen molar-refractivity contribution >= 4 is 11.6 Å². The van der Waals surface area contributed by atoms with Crippen molar-refractivity contribution in [3.8, 4) is 22.8 Å². The third-order valence-corrected chi connectivity index (χ3v) is 3.65. The molecule has 3 heterocycles. The summed E-state index contributed by atoms with van der Waals surface area (Å²) in [5.74, 6) is 1.46. The smallest absolute Gasteiger partial charge is 0.349 e. The van der Waals surface area contributed by atoms with E-state index in [2.05, 4.69) is 4.98 Å². The number of rotatable bonds is 0. The molecule has 4 rings (SSSR count). The van der Waals surface area contributed by atoms with Gasteiger partial charge >= 0.3 is 5.69 Å². The first-order valence-corrected chi connectivity index (χ1v) is 6.30. The number of hydrogen-bond donors (Lipinski definition) is 0. The summed E-state index contributed by atoms with van der Waals surface area (Å²) in [5, 5.41) is 0.210. The van der Waals surface area contributed by atoms with Crippen LogP contribution >= 0.6 is 11.6 Å². The fourth-order valence-corrected chi connectivity index (χ4v) is 2.75. The Labute approximate surface area is 113 Å². The zero-order valence-corrected chi connectivity index (χ0v) is 10.6. The minimum absolute atomic E-state index is 0.210. The Bertz CT molecular complexity index is 754. The van der Waals surface area contributed by atoms with Crippen LogP contribution in [0.1, 0.15) is 5.56 Å². The molecule has 2 aliphatic rings. The highest BCUT2D eigenvalue weighted by Gasteiger charge is 2.23. The van der Waals surface area contributed by atoms with Crippen LogP contribution in [0.4, 0.5) is 0 Å². The average Bonchev–Trinajstić information content (AvgIpc) is 2.83. The highest BCUT2D eigenvalue weighted by molar-refractivity contribution is 6.29. The van der Waals surface area contributed by atoms with Crippen LogP contribution in [0.15, 0.2) is 23.0 Å². The van der Waals surface area contributed by atoms with Gasteiger partial charge in [0.1, 0.15) is 5.15 Å². The van der Waals surface area contributed by atoms with Gasteiger partial charge in [-0.25, -0.2) is 4.79 Å². The lowest BCUT2D eigenvalue weighted by molar-refractivity contribution is 0.174. The molecule has 0 aliphatic carbocycles. The number of nitrogens with zero attached hydrogens (tertiary/aromatic N) is 2. The maximum atomic E-state index is 11.8. The first-order chi connectivity index (χ1) is 9.22. The minimum Gasteiger partial charge on any atom is -0.454 e. The van der Waals surface area contributed by atoms with Crippen LogP contribution in [-0.2, 0) is 13.0 Å². The van der Waals surface area contributed by atoms with Gasteiger partial charge in [-0.3, -0.25) is 4.57 Å². The largest absolute Gasteiger partial charge is 0.454 e. The van der Waals surface area contributed by atoms with Crippen molar-refractivity contribution in [2.75, 3.05) is 6.79 Å². The summed E-state index contributed by atoms with van der Waals surface area (Å²) in [6.45, 7) is 0.840. The Morgan fingerprint density at radius 1 is 1.21 bits per heavy atom. The lowest BCUT2D eigenvalue weighted by atomic mass is 9.97. The molecule has 0 saturated carbocycles. The first kappa shape index (κ1) is 10.9. The normalized spacial score (nSPS) is 15.0. The number of hydrogen-bond acceptors (Lipinski definition) is 4. The molecule has 0 atom stereocenters. The van der Waals surface area contributed by atoms with Crippen LogP contribution in [0.2, 0.25) is 5.15 Å². The van der Waals surface area contributed by atoms with Crippen molar-refractivity contribution in [2.45, 2.75) is 13.0 Å². The molecule has 0 bridgehead atoms. The molecule has 5 nitrogen and oxygen atoms in total. The molecule has 2 aliphatic heterocycles. The summed E-state index contributed by atoms with van der Waals surface area (Å²) in [6, 6.07) is 5.58. The monoisotopic (exact) mass is 276 g/mol. The SMILES string of the molecule is O=c1nc(Cl)cc2n1CCc1cc3c(cc1-2)OCO3. The van der Waals surface area contributed by atoms with Crippen LogP contribution in [-0.4, -0.2) is 16.3 Å². The molecule has 0 N–H and O–H groups in total. The maximum absolute atomic E-state index is 11.8. The van der Waals surface area contributed by atoms with E-state index in [1.165, 1.54) is 0 Å². The van der Waals surface area contributed by atoms with Gasteiger partial charge in [0.05, 0.1) is 5.69 Å². The Balaban J connectivity index is 2.01. The van der Waals surface area contributed by atoms with Crippen molar-refractivity contribution in [1.82, 2.24) is 9.55 Å². The third-order valence-electron chi connectivity index (χ3n) is 3.46. The summed E-state index contributed by atoms with van der Waals surface area (Å²) >= 11 is 5.89. The standard InChI is InChI=1S/C13H9ClN2O3/c14-12-5-9-8-4-11-10(18-6-19-11)3-7(8)1-2-16(9)13(17)15-12/h3-5H,1-2,6H2. The molecule has 0 radical (unpaired) electrons. The van der Waals surface area contributed by atoms with Gasteiger partial charge in [-0.1, -0.05) is 11.6 Å². The van der Waals surface area contributed by atoms with Gasteiger partial charge in [-0.15, -0.1) is 0 Å². The van der Waals surface area contributed by atoms with Crippen LogP contribution in [0.5, 0.6) is 11.5 Å². The van der Waals surface area contributed by atoms with Crippen molar-refractivity contribution in [3.05, 3.63) is 39.4 Å². The third kappa shape index (κ3) is 1.55. The molecular formula is C13H9ClN2O3. The van der Waals surface area contributed by atoms with Crippen LogP contribution in [0.25, 0.3) is 11.3 Å². The van der Waals surface area contributed by atoms with Gasteiger partial charge in [0.25, 0.3) is 0 Å². The molecule has 0 unspecified atom stereocenters.